The number of hydrogen-bond donors (Lipinski definition) is 0. The maximum absolute atomic E-state index is 13.4. The Morgan fingerprint density at radius 3 is 2.61 bits per heavy atom. The third-order valence-electron chi connectivity index (χ3n) is 5.47. The van der Waals surface area contributed by atoms with Crippen LogP contribution in [0.4, 0.5) is 13.9 Å². The molecule has 2 unspecified atom stereocenters. The van der Waals surface area contributed by atoms with Crippen LogP contribution in [-0.2, 0) is 16.4 Å². The highest BCUT2D eigenvalue weighted by molar-refractivity contribution is 7.90. The fourth-order valence-electron chi connectivity index (χ4n) is 3.76. The van der Waals surface area contributed by atoms with Crippen molar-refractivity contribution >= 4 is 38.1 Å². The molecule has 5 nitrogen and oxygen atoms in total. The Hall–Kier alpha value is -1.81. The Kier molecular flexibility index (Phi) is 6.22. The van der Waals surface area contributed by atoms with Gasteiger partial charge in [-0.3, -0.25) is 0 Å². The maximum atomic E-state index is 13.4. The van der Waals surface area contributed by atoms with Crippen molar-refractivity contribution in [2.24, 2.45) is 0 Å². The van der Waals surface area contributed by atoms with Gasteiger partial charge in [0, 0.05) is 38.0 Å². The summed E-state index contributed by atoms with van der Waals surface area (Å²) in [6.45, 7) is 3.44. The molecule has 1 fully saturated rings. The summed E-state index contributed by atoms with van der Waals surface area (Å²) in [6, 6.07) is 3.83. The number of aromatic nitrogens is 1. The predicted molar refractivity (Wildman–Crippen MR) is 120 cm³/mol. The van der Waals surface area contributed by atoms with Crippen LogP contribution in [-0.4, -0.2) is 54.0 Å². The Bertz CT molecular complexity index is 1120. The van der Waals surface area contributed by atoms with E-state index in [2.05, 4.69) is 4.98 Å². The molecule has 2 aromatic rings. The van der Waals surface area contributed by atoms with E-state index in [4.69, 9.17) is 11.6 Å². The van der Waals surface area contributed by atoms with Gasteiger partial charge in [0.15, 0.2) is 16.8 Å². The largest absolute Gasteiger partial charge is 0.345 e. The number of halogens is 3. The van der Waals surface area contributed by atoms with Gasteiger partial charge in [-0.1, -0.05) is 30.4 Å². The highest BCUT2D eigenvalue weighted by atomic mass is 35.5. The molecular formula is C21H22ClF2N3O2S2. The third-order valence-corrected chi connectivity index (χ3v) is 9.29. The molecule has 0 N–H and O–H groups in total. The Morgan fingerprint density at radius 1 is 1.19 bits per heavy atom. The number of sulfonamides is 1. The zero-order chi connectivity index (χ0) is 22.2. The van der Waals surface area contributed by atoms with Gasteiger partial charge in [0.25, 0.3) is 0 Å². The summed E-state index contributed by atoms with van der Waals surface area (Å²) >= 11 is 7.90. The number of anilines is 1. The SMILES string of the molecule is CC1(Cl)C=CC=CC1S(=O)(=O)N1CCN(c2nc(Cc3ccc(F)c(F)c3)cs2)CC1. The summed E-state index contributed by atoms with van der Waals surface area (Å²) < 4.78 is 54.3. The number of nitrogens with zero attached hydrogens (tertiary/aromatic N) is 3. The lowest BCUT2D eigenvalue weighted by molar-refractivity contribution is 0.379. The van der Waals surface area contributed by atoms with Crippen LogP contribution in [0, 0.1) is 11.6 Å². The third kappa shape index (κ3) is 4.69. The van der Waals surface area contributed by atoms with Crippen molar-refractivity contribution in [1.82, 2.24) is 9.29 Å². The zero-order valence-corrected chi connectivity index (χ0v) is 19.2. The molecule has 4 rings (SSSR count). The van der Waals surface area contributed by atoms with E-state index >= 15 is 0 Å². The molecule has 2 heterocycles. The predicted octanol–water partition coefficient (Wildman–Crippen LogP) is 3.96. The molecule has 1 aromatic carbocycles. The minimum Gasteiger partial charge on any atom is -0.345 e. The average molecular weight is 486 g/mol. The van der Waals surface area contributed by atoms with Gasteiger partial charge in [-0.05, 0) is 24.6 Å². The zero-order valence-electron chi connectivity index (χ0n) is 16.8. The van der Waals surface area contributed by atoms with Gasteiger partial charge < -0.3 is 4.90 Å². The van der Waals surface area contributed by atoms with Crippen molar-refractivity contribution in [3.63, 3.8) is 0 Å². The first-order valence-corrected chi connectivity index (χ1v) is 12.6. The molecule has 0 bridgehead atoms. The summed E-state index contributed by atoms with van der Waals surface area (Å²) in [5.74, 6) is -1.74. The second kappa shape index (κ2) is 8.61. The van der Waals surface area contributed by atoms with Crippen molar-refractivity contribution in [3.05, 3.63) is 70.8 Å². The monoisotopic (exact) mass is 485 g/mol. The fourth-order valence-corrected chi connectivity index (χ4v) is 7.06. The van der Waals surface area contributed by atoms with Crippen molar-refractivity contribution in [3.8, 4) is 0 Å². The number of hydrogen-bond acceptors (Lipinski definition) is 5. The Morgan fingerprint density at radius 2 is 1.94 bits per heavy atom. The number of benzene rings is 1. The first kappa shape index (κ1) is 22.4. The highest BCUT2D eigenvalue weighted by Crippen LogP contribution is 2.33. The van der Waals surface area contributed by atoms with Crippen molar-refractivity contribution in [2.75, 3.05) is 31.1 Å². The Labute approximate surface area is 189 Å². The lowest BCUT2D eigenvalue weighted by Gasteiger charge is -2.38. The number of piperazine rings is 1. The summed E-state index contributed by atoms with van der Waals surface area (Å²) in [5, 5.41) is 1.87. The standard InChI is InChI=1S/C21H22ClF2N3O2S2/c1-21(22)7-3-2-4-19(21)31(28,29)27-10-8-26(9-11-27)20-25-16(14-30-20)12-15-5-6-17(23)18(24)13-15/h2-7,13-14,19H,8-12H2,1H3. The molecular weight excluding hydrogens is 464 g/mol. The van der Waals surface area contributed by atoms with E-state index in [1.54, 1.807) is 37.3 Å². The van der Waals surface area contributed by atoms with E-state index in [9.17, 15) is 17.2 Å². The molecule has 1 saturated heterocycles. The van der Waals surface area contributed by atoms with Crippen LogP contribution in [0.15, 0.2) is 47.9 Å². The number of allylic oxidation sites excluding steroid dienone is 3. The van der Waals surface area contributed by atoms with Gasteiger partial charge in [0.2, 0.25) is 10.0 Å². The van der Waals surface area contributed by atoms with Crippen LogP contribution in [0.2, 0.25) is 0 Å². The Balaban J connectivity index is 1.39. The summed E-state index contributed by atoms with van der Waals surface area (Å²) in [7, 11) is -3.59. The minimum atomic E-state index is -3.59. The van der Waals surface area contributed by atoms with Crippen LogP contribution in [0.25, 0.3) is 0 Å². The first-order valence-electron chi connectivity index (χ1n) is 9.84. The molecule has 0 spiro atoms. The first-order chi connectivity index (χ1) is 14.7. The number of thiazole rings is 1. The highest BCUT2D eigenvalue weighted by Gasteiger charge is 2.43. The van der Waals surface area contributed by atoms with E-state index in [0.29, 0.717) is 38.2 Å². The molecule has 2 atom stereocenters. The van der Waals surface area contributed by atoms with E-state index in [0.717, 1.165) is 16.9 Å². The molecule has 31 heavy (non-hydrogen) atoms. The molecule has 0 radical (unpaired) electrons. The van der Waals surface area contributed by atoms with E-state index in [1.165, 1.54) is 21.7 Å². The van der Waals surface area contributed by atoms with E-state index < -0.39 is 31.8 Å². The molecule has 166 valence electrons. The van der Waals surface area contributed by atoms with Crippen LogP contribution < -0.4 is 4.90 Å². The molecule has 1 aliphatic carbocycles. The van der Waals surface area contributed by atoms with Crippen molar-refractivity contribution in [2.45, 2.75) is 23.5 Å². The maximum Gasteiger partial charge on any atom is 0.222 e. The van der Waals surface area contributed by atoms with Gasteiger partial charge in [0.1, 0.15) is 5.25 Å². The lowest BCUT2D eigenvalue weighted by Crippen LogP contribution is -2.54. The number of alkyl halides is 1. The topological polar surface area (TPSA) is 53.5 Å². The van der Waals surface area contributed by atoms with Crippen LogP contribution >= 0.6 is 22.9 Å². The fraction of sp³-hybridized carbons (Fsp3) is 0.381. The van der Waals surface area contributed by atoms with E-state index in [-0.39, 0.29) is 0 Å². The van der Waals surface area contributed by atoms with E-state index in [1.807, 2.05) is 10.3 Å². The van der Waals surface area contributed by atoms with Gasteiger partial charge >= 0.3 is 0 Å². The van der Waals surface area contributed by atoms with Gasteiger partial charge in [-0.25, -0.2) is 22.2 Å². The summed E-state index contributed by atoms with van der Waals surface area (Å²) in [5.41, 5.74) is 1.41. The smallest absolute Gasteiger partial charge is 0.222 e. The lowest BCUT2D eigenvalue weighted by atomic mass is 10.0. The second-order valence-electron chi connectivity index (χ2n) is 7.79. The molecule has 1 aromatic heterocycles. The molecule has 10 heteroatoms. The van der Waals surface area contributed by atoms with Crippen LogP contribution in [0.5, 0.6) is 0 Å². The van der Waals surface area contributed by atoms with Gasteiger partial charge in [0.05, 0.1) is 10.6 Å². The quantitative estimate of drug-likeness (QED) is 0.602. The minimum absolute atomic E-state index is 0.349. The summed E-state index contributed by atoms with van der Waals surface area (Å²) in [6.07, 6.45) is 7.22. The van der Waals surface area contributed by atoms with Gasteiger partial charge in [-0.15, -0.1) is 22.9 Å². The summed E-state index contributed by atoms with van der Waals surface area (Å²) in [4.78, 5) is 5.67. The van der Waals surface area contributed by atoms with Crippen LogP contribution in [0.3, 0.4) is 0 Å². The van der Waals surface area contributed by atoms with Crippen LogP contribution in [0.1, 0.15) is 18.2 Å². The molecule has 2 aliphatic rings. The van der Waals surface area contributed by atoms with Gasteiger partial charge in [-0.2, -0.15) is 4.31 Å². The molecule has 0 saturated carbocycles. The average Bonchev–Trinajstić information content (AvgIpc) is 3.19. The van der Waals surface area contributed by atoms with Crippen molar-refractivity contribution < 1.29 is 17.2 Å². The second-order valence-corrected chi connectivity index (χ2v) is 11.5. The molecule has 0 amide bonds. The molecule has 1 aliphatic heterocycles. The number of rotatable bonds is 5. The van der Waals surface area contributed by atoms with Crippen molar-refractivity contribution in [1.29, 1.82) is 0 Å². The normalized spacial score (nSPS) is 24.6.